The zero-order valence-corrected chi connectivity index (χ0v) is 19.7. The van der Waals surface area contributed by atoms with E-state index in [4.69, 9.17) is 21.1 Å². The van der Waals surface area contributed by atoms with Crippen molar-refractivity contribution in [1.82, 2.24) is 4.90 Å². The van der Waals surface area contributed by atoms with Gasteiger partial charge < -0.3 is 19.7 Å². The molecule has 0 radical (unpaired) electrons. The fourth-order valence-electron chi connectivity index (χ4n) is 3.30. The second-order valence-electron chi connectivity index (χ2n) is 7.43. The fraction of sp³-hybridized carbons (Fsp3) is 0.231. The summed E-state index contributed by atoms with van der Waals surface area (Å²) in [6.45, 7) is 4.81. The second kappa shape index (κ2) is 11.4. The van der Waals surface area contributed by atoms with Gasteiger partial charge in [0.25, 0.3) is 5.91 Å². The van der Waals surface area contributed by atoms with Crippen LogP contribution in [0.15, 0.2) is 66.7 Å². The molecule has 33 heavy (non-hydrogen) atoms. The molecular weight excluding hydrogens is 440 g/mol. The van der Waals surface area contributed by atoms with Crippen molar-refractivity contribution in [3.05, 3.63) is 88.4 Å². The van der Waals surface area contributed by atoms with Crippen molar-refractivity contribution < 1.29 is 19.1 Å². The highest BCUT2D eigenvalue weighted by Crippen LogP contribution is 2.29. The molecule has 0 unspecified atom stereocenters. The van der Waals surface area contributed by atoms with Crippen molar-refractivity contribution in [3.8, 4) is 11.5 Å². The molecule has 0 fully saturated rings. The van der Waals surface area contributed by atoms with Crippen molar-refractivity contribution in [2.75, 3.05) is 19.0 Å². The summed E-state index contributed by atoms with van der Waals surface area (Å²) in [6, 6.07) is 19.9. The summed E-state index contributed by atoms with van der Waals surface area (Å²) in [4.78, 5) is 26.5. The summed E-state index contributed by atoms with van der Waals surface area (Å²) in [5.41, 5.74) is 2.91. The van der Waals surface area contributed by atoms with E-state index in [-0.39, 0.29) is 11.8 Å². The Morgan fingerprint density at radius 2 is 1.73 bits per heavy atom. The number of para-hydroxylation sites is 1. The highest BCUT2D eigenvalue weighted by atomic mass is 35.5. The lowest BCUT2D eigenvalue weighted by molar-refractivity contribution is -0.129. The first-order chi connectivity index (χ1) is 15.9. The topological polar surface area (TPSA) is 67.9 Å². The van der Waals surface area contributed by atoms with E-state index in [9.17, 15) is 9.59 Å². The molecule has 0 bridgehead atoms. The van der Waals surface area contributed by atoms with Crippen molar-refractivity contribution >= 4 is 29.1 Å². The lowest BCUT2D eigenvalue weighted by Gasteiger charge is -2.21. The molecule has 7 heteroatoms. The van der Waals surface area contributed by atoms with E-state index in [1.54, 1.807) is 35.2 Å². The molecular formula is C26H27ClN2O4. The Hall–Kier alpha value is -3.51. The van der Waals surface area contributed by atoms with Gasteiger partial charge in [-0.1, -0.05) is 41.9 Å². The molecule has 0 aliphatic rings. The van der Waals surface area contributed by atoms with Gasteiger partial charge >= 0.3 is 0 Å². The molecule has 0 aliphatic heterocycles. The Balaban J connectivity index is 1.73. The van der Waals surface area contributed by atoms with Gasteiger partial charge in [-0.2, -0.15) is 0 Å². The molecule has 3 aromatic rings. The smallest absolute Gasteiger partial charge is 0.255 e. The highest BCUT2D eigenvalue weighted by molar-refractivity contribution is 6.30. The van der Waals surface area contributed by atoms with Crippen LogP contribution in [0.5, 0.6) is 11.5 Å². The average molecular weight is 467 g/mol. The molecule has 0 saturated heterocycles. The van der Waals surface area contributed by atoms with Crippen LogP contribution in [-0.2, 0) is 17.9 Å². The van der Waals surface area contributed by atoms with E-state index in [1.807, 2.05) is 43.3 Å². The van der Waals surface area contributed by atoms with Crippen LogP contribution in [0.1, 0.15) is 35.3 Å². The number of anilines is 1. The number of benzene rings is 3. The number of nitrogens with one attached hydrogen (secondary N) is 1. The molecule has 1 N–H and O–H groups in total. The molecule has 3 aromatic carbocycles. The molecule has 6 nitrogen and oxygen atoms in total. The van der Waals surface area contributed by atoms with Crippen molar-refractivity contribution in [1.29, 1.82) is 0 Å². The summed E-state index contributed by atoms with van der Waals surface area (Å²) >= 11 is 5.92. The van der Waals surface area contributed by atoms with Crippen LogP contribution in [0.25, 0.3) is 0 Å². The summed E-state index contributed by atoms with van der Waals surface area (Å²) < 4.78 is 11.3. The Labute approximate surface area is 199 Å². The number of carbonyl (C=O) groups is 2. The van der Waals surface area contributed by atoms with E-state index in [0.717, 1.165) is 11.1 Å². The third-order valence-corrected chi connectivity index (χ3v) is 5.44. The summed E-state index contributed by atoms with van der Waals surface area (Å²) in [5, 5.41) is 3.61. The zero-order chi connectivity index (χ0) is 23.8. The molecule has 3 rings (SSSR count). The predicted molar refractivity (Wildman–Crippen MR) is 130 cm³/mol. The van der Waals surface area contributed by atoms with Gasteiger partial charge in [0.1, 0.15) is 6.61 Å². The van der Waals surface area contributed by atoms with Crippen LogP contribution < -0.4 is 14.8 Å². The lowest BCUT2D eigenvalue weighted by Crippen LogP contribution is -2.28. The van der Waals surface area contributed by atoms with E-state index in [0.29, 0.717) is 47.5 Å². The van der Waals surface area contributed by atoms with Crippen LogP contribution in [0.3, 0.4) is 0 Å². The third-order valence-electron chi connectivity index (χ3n) is 5.19. The molecule has 2 amide bonds. The Morgan fingerprint density at radius 3 is 2.39 bits per heavy atom. The number of hydrogen-bond acceptors (Lipinski definition) is 4. The highest BCUT2D eigenvalue weighted by Gasteiger charge is 2.15. The minimum atomic E-state index is -0.282. The Morgan fingerprint density at radius 1 is 1.00 bits per heavy atom. The maximum absolute atomic E-state index is 12.9. The number of methoxy groups -OCH3 is 1. The first-order valence-electron chi connectivity index (χ1n) is 10.6. The fourth-order valence-corrected chi connectivity index (χ4v) is 3.42. The first-order valence-corrected chi connectivity index (χ1v) is 11.0. The normalized spacial score (nSPS) is 10.4. The SMILES string of the molecule is CCN(Cc1ccccc1NC(=O)c1ccc(OCc2ccc(Cl)cc2)c(OC)c1)C(C)=O. The van der Waals surface area contributed by atoms with Gasteiger partial charge in [0, 0.05) is 36.3 Å². The average Bonchev–Trinajstić information content (AvgIpc) is 2.82. The van der Waals surface area contributed by atoms with Gasteiger partial charge in [0.15, 0.2) is 11.5 Å². The quantitative estimate of drug-likeness (QED) is 0.449. The number of rotatable bonds is 9. The summed E-state index contributed by atoms with van der Waals surface area (Å²) in [5.74, 6) is 0.691. The predicted octanol–water partition coefficient (Wildman–Crippen LogP) is 5.55. The van der Waals surface area contributed by atoms with Crippen molar-refractivity contribution in [3.63, 3.8) is 0 Å². The molecule has 0 aliphatic carbocycles. The van der Waals surface area contributed by atoms with Crippen LogP contribution in [0, 0.1) is 0 Å². The van der Waals surface area contributed by atoms with E-state index in [2.05, 4.69) is 5.32 Å². The van der Waals surface area contributed by atoms with Crippen molar-refractivity contribution in [2.24, 2.45) is 0 Å². The Bertz CT molecular complexity index is 1120. The number of halogens is 1. The van der Waals surface area contributed by atoms with Gasteiger partial charge in [0.05, 0.1) is 7.11 Å². The van der Waals surface area contributed by atoms with Gasteiger partial charge in [-0.05, 0) is 54.4 Å². The molecule has 0 aromatic heterocycles. The van der Waals surface area contributed by atoms with Gasteiger partial charge in [0.2, 0.25) is 5.91 Å². The molecule has 0 saturated carbocycles. The molecule has 0 spiro atoms. The second-order valence-corrected chi connectivity index (χ2v) is 7.86. The van der Waals surface area contributed by atoms with Gasteiger partial charge in [-0.25, -0.2) is 0 Å². The maximum atomic E-state index is 12.9. The van der Waals surface area contributed by atoms with E-state index >= 15 is 0 Å². The maximum Gasteiger partial charge on any atom is 0.255 e. The monoisotopic (exact) mass is 466 g/mol. The van der Waals surface area contributed by atoms with Crippen LogP contribution in [0.2, 0.25) is 5.02 Å². The van der Waals surface area contributed by atoms with Gasteiger partial charge in [-0.3, -0.25) is 9.59 Å². The van der Waals surface area contributed by atoms with Crippen LogP contribution in [-0.4, -0.2) is 30.4 Å². The van der Waals surface area contributed by atoms with Gasteiger partial charge in [-0.15, -0.1) is 0 Å². The lowest BCUT2D eigenvalue weighted by atomic mass is 10.1. The first kappa shape index (κ1) is 24.1. The number of ether oxygens (including phenoxy) is 2. The number of nitrogens with zero attached hydrogens (tertiary/aromatic N) is 1. The molecule has 172 valence electrons. The number of amides is 2. The largest absolute Gasteiger partial charge is 0.493 e. The minimum Gasteiger partial charge on any atom is -0.493 e. The van der Waals surface area contributed by atoms with Crippen molar-refractivity contribution in [2.45, 2.75) is 27.0 Å². The Kier molecular flexibility index (Phi) is 8.33. The minimum absolute atomic E-state index is 0.0162. The van der Waals surface area contributed by atoms with Crippen LogP contribution >= 0.6 is 11.6 Å². The van der Waals surface area contributed by atoms with E-state index < -0.39 is 0 Å². The summed E-state index contributed by atoms with van der Waals surface area (Å²) in [6.07, 6.45) is 0. The summed E-state index contributed by atoms with van der Waals surface area (Å²) in [7, 11) is 1.53. The third kappa shape index (κ3) is 6.49. The zero-order valence-electron chi connectivity index (χ0n) is 18.9. The van der Waals surface area contributed by atoms with E-state index in [1.165, 1.54) is 14.0 Å². The number of hydrogen-bond donors (Lipinski definition) is 1. The van der Waals surface area contributed by atoms with Crippen LogP contribution in [0.4, 0.5) is 5.69 Å². The standard InChI is InChI=1S/C26H27ClN2O4/c1-4-29(18(2)30)16-21-7-5-6-8-23(21)28-26(31)20-11-14-24(25(15-20)32-3)33-17-19-9-12-22(27)13-10-19/h5-15H,4,16-17H2,1-3H3,(H,28,31). The molecule has 0 atom stereocenters. The number of carbonyl (C=O) groups excluding carboxylic acids is 2. The molecule has 0 heterocycles.